The van der Waals surface area contributed by atoms with Crippen LogP contribution in [0.2, 0.25) is 0 Å². The van der Waals surface area contributed by atoms with Gasteiger partial charge in [-0.25, -0.2) is 13.6 Å². The molecule has 0 aromatic carbocycles. The van der Waals surface area contributed by atoms with Gasteiger partial charge in [-0.1, -0.05) is 0 Å². The Morgan fingerprint density at radius 3 is 2.78 bits per heavy atom. The molecule has 1 unspecified atom stereocenters. The van der Waals surface area contributed by atoms with Crippen LogP contribution in [0.4, 0.5) is 13.6 Å². The highest BCUT2D eigenvalue weighted by atomic mass is 32.1. The molecule has 1 spiro atoms. The molecule has 2 aliphatic heterocycles. The lowest BCUT2D eigenvalue weighted by atomic mass is 9.82. The van der Waals surface area contributed by atoms with Gasteiger partial charge in [0.05, 0.1) is 6.61 Å². The number of carbonyl (C=O) groups excluding carboxylic acids is 1. The van der Waals surface area contributed by atoms with Crippen LogP contribution in [-0.4, -0.2) is 47.3 Å². The molecular weight excluding hydrogens is 376 g/mol. The summed E-state index contributed by atoms with van der Waals surface area (Å²) >= 11 is 1.21. The minimum absolute atomic E-state index is 0.106. The number of hydrogen-bond donors (Lipinski definition) is 1. The lowest BCUT2D eigenvalue weighted by Crippen LogP contribution is -2.53. The third kappa shape index (κ3) is 4.12. The van der Waals surface area contributed by atoms with Crippen molar-refractivity contribution in [1.82, 2.24) is 4.90 Å². The van der Waals surface area contributed by atoms with E-state index in [0.717, 1.165) is 10.4 Å². The molecule has 152 valence electrons. The van der Waals surface area contributed by atoms with E-state index in [1.165, 1.54) is 11.3 Å². The monoisotopic (exact) mass is 403 g/mol. The first-order valence-corrected chi connectivity index (χ1v) is 10.1. The van der Waals surface area contributed by atoms with Gasteiger partial charge in [0.25, 0.3) is 6.43 Å². The van der Waals surface area contributed by atoms with Crippen molar-refractivity contribution in [2.24, 2.45) is 0 Å². The smallest absolute Gasteiger partial charge is 0.410 e. The third-order valence-corrected chi connectivity index (χ3v) is 6.50. The van der Waals surface area contributed by atoms with Crippen LogP contribution in [0.25, 0.3) is 0 Å². The summed E-state index contributed by atoms with van der Waals surface area (Å²) in [5, 5.41) is 9.76. The maximum Gasteiger partial charge on any atom is 0.410 e. The van der Waals surface area contributed by atoms with Crippen molar-refractivity contribution < 1.29 is 28.2 Å². The summed E-state index contributed by atoms with van der Waals surface area (Å²) in [6.45, 7) is 8.43. The van der Waals surface area contributed by atoms with Crippen LogP contribution in [0.3, 0.4) is 0 Å². The van der Waals surface area contributed by atoms with Crippen LogP contribution in [0.1, 0.15) is 62.0 Å². The van der Waals surface area contributed by atoms with E-state index in [0.29, 0.717) is 32.4 Å². The number of aliphatic hydroxyl groups excluding tert-OH is 1. The molecular formula is C19H27F2NO4S. The summed E-state index contributed by atoms with van der Waals surface area (Å²) in [4.78, 5) is 15.4. The summed E-state index contributed by atoms with van der Waals surface area (Å²) < 4.78 is 37.5. The normalized spacial score (nSPS) is 27.0. The molecule has 1 aromatic heterocycles. The Balaban J connectivity index is 1.81. The number of amides is 1. The lowest BCUT2D eigenvalue weighted by Gasteiger charge is -2.46. The predicted molar refractivity (Wildman–Crippen MR) is 98.3 cm³/mol. The van der Waals surface area contributed by atoms with Crippen molar-refractivity contribution in [1.29, 1.82) is 0 Å². The van der Waals surface area contributed by atoms with E-state index in [4.69, 9.17) is 9.47 Å². The van der Waals surface area contributed by atoms with Crippen LogP contribution in [0.15, 0.2) is 6.07 Å². The number of thiophene rings is 1. The van der Waals surface area contributed by atoms with Crippen molar-refractivity contribution in [3.63, 3.8) is 0 Å². The van der Waals surface area contributed by atoms with E-state index in [-0.39, 0.29) is 17.0 Å². The van der Waals surface area contributed by atoms with E-state index in [1.807, 2.05) is 27.7 Å². The summed E-state index contributed by atoms with van der Waals surface area (Å²) in [6.07, 6.45) is -3.13. The molecule has 1 saturated heterocycles. The van der Waals surface area contributed by atoms with Gasteiger partial charge in [-0.2, -0.15) is 0 Å². The fourth-order valence-electron chi connectivity index (χ4n) is 3.85. The quantitative estimate of drug-likeness (QED) is 0.803. The number of nitrogens with zero attached hydrogens (tertiary/aromatic N) is 1. The Labute approximate surface area is 162 Å². The van der Waals surface area contributed by atoms with Crippen molar-refractivity contribution >= 4 is 17.4 Å². The number of hydrogen-bond acceptors (Lipinski definition) is 5. The number of ether oxygens (including phenoxy) is 2. The van der Waals surface area contributed by atoms with Crippen LogP contribution >= 0.6 is 11.3 Å². The molecule has 3 rings (SSSR count). The molecule has 1 aromatic rings. The molecule has 0 bridgehead atoms. The molecule has 5 nitrogen and oxygen atoms in total. The number of rotatable bonds is 2. The second-order valence-electron chi connectivity index (χ2n) is 8.35. The molecule has 27 heavy (non-hydrogen) atoms. The molecule has 1 amide bonds. The Bertz CT molecular complexity index is 702. The molecule has 3 heterocycles. The number of piperidine rings is 1. The van der Waals surface area contributed by atoms with Gasteiger partial charge in [-0.05, 0) is 52.2 Å². The zero-order chi connectivity index (χ0) is 20.0. The Kier molecular flexibility index (Phi) is 5.53. The van der Waals surface area contributed by atoms with Crippen LogP contribution in [0.5, 0.6) is 0 Å². The van der Waals surface area contributed by atoms with Gasteiger partial charge in [0.2, 0.25) is 0 Å². The minimum atomic E-state index is -2.81. The first-order valence-electron chi connectivity index (χ1n) is 9.25. The first-order chi connectivity index (χ1) is 12.5. The van der Waals surface area contributed by atoms with E-state index < -0.39 is 23.7 Å². The Morgan fingerprint density at radius 2 is 2.19 bits per heavy atom. The molecule has 2 aliphatic rings. The van der Waals surface area contributed by atoms with Crippen molar-refractivity contribution in [3.05, 3.63) is 21.4 Å². The molecule has 0 aliphatic carbocycles. The lowest BCUT2D eigenvalue weighted by molar-refractivity contribution is -0.108. The average molecular weight is 403 g/mol. The molecule has 3 atom stereocenters. The van der Waals surface area contributed by atoms with Crippen molar-refractivity contribution in [3.8, 4) is 0 Å². The second kappa shape index (κ2) is 7.29. The molecule has 1 N–H and O–H groups in total. The maximum absolute atomic E-state index is 12.9. The van der Waals surface area contributed by atoms with Gasteiger partial charge in [0.1, 0.15) is 17.3 Å². The van der Waals surface area contributed by atoms with Crippen molar-refractivity contribution in [2.45, 2.75) is 76.7 Å². The highest BCUT2D eigenvalue weighted by molar-refractivity contribution is 7.12. The summed E-state index contributed by atoms with van der Waals surface area (Å²) in [5.74, 6) is 0. The summed E-state index contributed by atoms with van der Waals surface area (Å²) in [5.41, 5.74) is -0.177. The maximum atomic E-state index is 12.9. The number of likely N-dealkylation sites (tertiary alicyclic amines) is 1. The van der Waals surface area contributed by atoms with Gasteiger partial charge in [0, 0.05) is 28.8 Å². The zero-order valence-corrected chi connectivity index (χ0v) is 16.9. The number of aliphatic hydroxyl groups is 1. The van der Waals surface area contributed by atoms with Gasteiger partial charge >= 0.3 is 6.09 Å². The van der Waals surface area contributed by atoms with Gasteiger partial charge in [0.15, 0.2) is 0 Å². The number of alkyl halides is 2. The SMILES string of the molecule is C[C@H]1C[C@@]2(CCN1C(=O)OC(C)(C)C)OCCc1cc(C(O)C(F)F)sc12. The van der Waals surface area contributed by atoms with E-state index >= 15 is 0 Å². The summed E-state index contributed by atoms with van der Waals surface area (Å²) in [6, 6.07) is 1.58. The number of carbonyl (C=O) groups is 1. The average Bonchev–Trinajstić information content (AvgIpc) is 2.98. The topological polar surface area (TPSA) is 59.0 Å². The van der Waals surface area contributed by atoms with Crippen LogP contribution in [0, 0.1) is 0 Å². The third-order valence-electron chi connectivity index (χ3n) is 5.06. The van der Waals surface area contributed by atoms with Gasteiger partial charge in [-0.3, -0.25) is 0 Å². The Morgan fingerprint density at radius 1 is 1.48 bits per heavy atom. The highest BCUT2D eigenvalue weighted by Crippen LogP contribution is 2.48. The van der Waals surface area contributed by atoms with E-state index in [1.54, 1.807) is 11.0 Å². The molecule has 8 heteroatoms. The minimum Gasteiger partial charge on any atom is -0.444 e. The molecule has 0 saturated carbocycles. The largest absolute Gasteiger partial charge is 0.444 e. The van der Waals surface area contributed by atoms with Gasteiger partial charge in [-0.15, -0.1) is 11.3 Å². The number of fused-ring (bicyclic) bond motifs is 2. The summed E-state index contributed by atoms with van der Waals surface area (Å²) in [7, 11) is 0. The van der Waals surface area contributed by atoms with Gasteiger partial charge < -0.3 is 19.5 Å². The van der Waals surface area contributed by atoms with Crippen molar-refractivity contribution in [2.75, 3.05) is 13.2 Å². The fraction of sp³-hybridized carbons (Fsp3) is 0.737. The Hall–Kier alpha value is -1.25. The fourth-order valence-corrected chi connectivity index (χ4v) is 5.24. The number of halogens is 2. The standard InChI is InChI=1S/C19H27F2NO4S/c1-11-10-19(6-7-22(11)17(24)26-18(2,3)4)15-12(5-8-25-19)9-13(27-15)14(23)16(20)21/h9,11,14,16,23H,5-8,10H2,1-4H3/t11-,14?,19+/m0/s1. The second-order valence-corrected chi connectivity index (χ2v) is 9.44. The molecule has 0 radical (unpaired) electrons. The first kappa shape index (κ1) is 20.5. The van der Waals surface area contributed by atoms with E-state index in [2.05, 4.69) is 0 Å². The molecule has 1 fully saturated rings. The van der Waals surface area contributed by atoms with E-state index in [9.17, 15) is 18.7 Å². The zero-order valence-electron chi connectivity index (χ0n) is 16.1. The highest BCUT2D eigenvalue weighted by Gasteiger charge is 2.47. The van der Waals surface area contributed by atoms with Crippen LogP contribution in [-0.2, 0) is 21.5 Å². The predicted octanol–water partition coefficient (Wildman–Crippen LogP) is 4.23. The van der Waals surface area contributed by atoms with Crippen LogP contribution < -0.4 is 0 Å².